The number of H-pyrrole nitrogens is 1. The molecule has 0 radical (unpaired) electrons. The number of aromatic amines is 1. The summed E-state index contributed by atoms with van der Waals surface area (Å²) in [5.74, 6) is 0.495. The van der Waals surface area contributed by atoms with Crippen LogP contribution >= 0.6 is 0 Å². The van der Waals surface area contributed by atoms with Gasteiger partial charge in [-0.1, -0.05) is 30.3 Å². The summed E-state index contributed by atoms with van der Waals surface area (Å²) >= 11 is 0. The van der Waals surface area contributed by atoms with Crippen LogP contribution in [-0.2, 0) is 11.8 Å². The van der Waals surface area contributed by atoms with Crippen molar-refractivity contribution in [2.75, 3.05) is 11.4 Å². The van der Waals surface area contributed by atoms with Crippen LogP contribution in [0, 0.1) is 11.3 Å². The van der Waals surface area contributed by atoms with Gasteiger partial charge >= 0.3 is 0 Å². The van der Waals surface area contributed by atoms with Crippen LogP contribution in [-0.4, -0.2) is 22.6 Å². The van der Waals surface area contributed by atoms with E-state index in [0.717, 1.165) is 24.9 Å². The number of benzene rings is 2. The summed E-state index contributed by atoms with van der Waals surface area (Å²) in [6, 6.07) is 18.2. The van der Waals surface area contributed by atoms with E-state index < -0.39 is 5.41 Å². The first-order valence-electron chi connectivity index (χ1n) is 8.98. The van der Waals surface area contributed by atoms with Crippen LogP contribution in [0.3, 0.4) is 0 Å². The van der Waals surface area contributed by atoms with Gasteiger partial charge in [-0.05, 0) is 36.6 Å². The summed E-state index contributed by atoms with van der Waals surface area (Å²) in [4.78, 5) is 22.6. The molecule has 0 bridgehead atoms. The minimum Gasteiger partial charge on any atom is -0.366 e. The van der Waals surface area contributed by atoms with E-state index in [-0.39, 0.29) is 11.6 Å². The smallest absolute Gasteiger partial charge is 0.258 e. The van der Waals surface area contributed by atoms with Crippen LogP contribution in [0.1, 0.15) is 24.2 Å². The van der Waals surface area contributed by atoms with Crippen LogP contribution in [0.15, 0.2) is 53.3 Å². The molecule has 5 rings (SSSR count). The molecule has 0 saturated carbocycles. The molecule has 3 heterocycles. The van der Waals surface area contributed by atoms with Gasteiger partial charge in [-0.15, -0.1) is 0 Å². The first kappa shape index (κ1) is 15.2. The fourth-order valence-electron chi connectivity index (χ4n) is 4.63. The van der Waals surface area contributed by atoms with E-state index >= 15 is 0 Å². The Morgan fingerprint density at radius 2 is 2.00 bits per heavy atom. The van der Waals surface area contributed by atoms with E-state index in [9.17, 15) is 10.1 Å². The average Bonchev–Trinajstić information content (AvgIpc) is 3.18. The van der Waals surface area contributed by atoms with Crippen molar-refractivity contribution in [3.05, 3.63) is 70.3 Å². The van der Waals surface area contributed by atoms with Crippen molar-refractivity contribution in [2.24, 2.45) is 0 Å². The second kappa shape index (κ2) is 5.43. The third kappa shape index (κ3) is 1.96. The Morgan fingerprint density at radius 3 is 2.88 bits per heavy atom. The van der Waals surface area contributed by atoms with Crippen molar-refractivity contribution in [1.29, 1.82) is 5.26 Å². The summed E-state index contributed by atoms with van der Waals surface area (Å²) in [6.45, 7) is 0.933. The van der Waals surface area contributed by atoms with Crippen molar-refractivity contribution in [1.82, 2.24) is 9.97 Å². The molecule has 1 N–H and O–H groups in total. The van der Waals surface area contributed by atoms with Gasteiger partial charge in [0.1, 0.15) is 11.2 Å². The zero-order valence-electron chi connectivity index (χ0n) is 14.3. The number of nitrogens with one attached hydrogen (secondary N) is 1. The fourth-order valence-corrected chi connectivity index (χ4v) is 4.63. The minimum atomic E-state index is -0.839. The van der Waals surface area contributed by atoms with E-state index in [1.54, 1.807) is 6.07 Å². The first-order chi connectivity index (χ1) is 12.7. The molecule has 1 aromatic heterocycles. The number of para-hydroxylation sites is 2. The van der Waals surface area contributed by atoms with Gasteiger partial charge < -0.3 is 9.88 Å². The van der Waals surface area contributed by atoms with Crippen LogP contribution in [0.2, 0.25) is 0 Å². The van der Waals surface area contributed by atoms with Crippen molar-refractivity contribution in [2.45, 2.75) is 30.7 Å². The lowest BCUT2D eigenvalue weighted by molar-refractivity contribution is 0.390. The van der Waals surface area contributed by atoms with Crippen LogP contribution in [0.5, 0.6) is 0 Å². The van der Waals surface area contributed by atoms with Crippen molar-refractivity contribution < 1.29 is 0 Å². The molecule has 26 heavy (non-hydrogen) atoms. The molecule has 1 fully saturated rings. The van der Waals surface area contributed by atoms with E-state index in [2.05, 4.69) is 28.1 Å². The Kier molecular flexibility index (Phi) is 3.17. The van der Waals surface area contributed by atoms with E-state index in [1.807, 2.05) is 30.3 Å². The Hall–Kier alpha value is -3.13. The zero-order chi connectivity index (χ0) is 17.7. The molecular weight excluding hydrogens is 324 g/mol. The highest BCUT2D eigenvalue weighted by Gasteiger charge is 2.51. The van der Waals surface area contributed by atoms with Gasteiger partial charge in [0.2, 0.25) is 0 Å². The normalized spacial score (nSPS) is 24.1. The molecule has 2 aromatic carbocycles. The number of nitrogens with zero attached hydrogens (tertiary/aromatic N) is 3. The first-order valence-corrected chi connectivity index (χ1v) is 8.98. The fraction of sp³-hybridized carbons (Fsp3) is 0.286. The van der Waals surface area contributed by atoms with Crippen molar-refractivity contribution in [3.8, 4) is 6.07 Å². The van der Waals surface area contributed by atoms with Crippen molar-refractivity contribution in [3.63, 3.8) is 0 Å². The molecule has 0 spiro atoms. The molecular formula is C21H18N4O. The van der Waals surface area contributed by atoms with Gasteiger partial charge in [-0.2, -0.15) is 5.26 Å². The number of fused-ring (bicyclic) bond motifs is 4. The summed E-state index contributed by atoms with van der Waals surface area (Å²) in [5, 5.41) is 10.9. The van der Waals surface area contributed by atoms with E-state index in [4.69, 9.17) is 4.98 Å². The molecule has 128 valence electrons. The largest absolute Gasteiger partial charge is 0.366 e. The number of hydrogen-bond donors (Lipinski definition) is 1. The van der Waals surface area contributed by atoms with Gasteiger partial charge in [0.05, 0.1) is 23.0 Å². The molecule has 5 nitrogen and oxygen atoms in total. The van der Waals surface area contributed by atoms with Crippen molar-refractivity contribution >= 4 is 16.6 Å². The third-order valence-electron chi connectivity index (χ3n) is 5.83. The molecule has 5 heteroatoms. The van der Waals surface area contributed by atoms with Crippen LogP contribution in [0.4, 0.5) is 5.69 Å². The highest BCUT2D eigenvalue weighted by molar-refractivity contribution is 5.77. The number of anilines is 1. The SMILES string of the molecule is N#C[C@]1(c2nc3ccccc3c(=O)[nH]2)Cc2ccccc2N2CCC[C@H]21. The summed E-state index contributed by atoms with van der Waals surface area (Å²) in [6.07, 6.45) is 2.54. The maximum Gasteiger partial charge on any atom is 0.258 e. The van der Waals surface area contributed by atoms with Crippen LogP contribution < -0.4 is 10.5 Å². The number of rotatable bonds is 1. The average molecular weight is 342 g/mol. The Balaban J connectivity index is 1.76. The number of aromatic nitrogens is 2. The highest BCUT2D eigenvalue weighted by atomic mass is 16.1. The molecule has 3 aromatic rings. The maximum atomic E-state index is 12.6. The second-order valence-corrected chi connectivity index (χ2v) is 7.17. The predicted molar refractivity (Wildman–Crippen MR) is 100 cm³/mol. The van der Waals surface area contributed by atoms with Gasteiger partial charge in [0, 0.05) is 18.7 Å². The lowest BCUT2D eigenvalue weighted by atomic mass is 9.71. The summed E-state index contributed by atoms with van der Waals surface area (Å²) < 4.78 is 0. The van der Waals surface area contributed by atoms with Gasteiger partial charge in [0.15, 0.2) is 0 Å². The molecule has 0 amide bonds. The lowest BCUT2D eigenvalue weighted by Gasteiger charge is -2.44. The van der Waals surface area contributed by atoms with E-state index in [0.29, 0.717) is 23.1 Å². The number of nitriles is 1. The monoisotopic (exact) mass is 342 g/mol. The summed E-state index contributed by atoms with van der Waals surface area (Å²) in [7, 11) is 0. The third-order valence-corrected chi connectivity index (χ3v) is 5.83. The molecule has 0 aliphatic carbocycles. The Morgan fingerprint density at radius 1 is 1.19 bits per heavy atom. The standard InChI is InChI=1S/C21H18N4O/c22-13-21(20-23-16-8-3-2-7-15(16)19(26)24-20)12-14-6-1-4-9-17(14)25-11-5-10-18(21)25/h1-4,6-9,18H,5,10-12H2,(H,23,24,26)/t18-,21+/m0/s1. The maximum absolute atomic E-state index is 12.6. The lowest BCUT2D eigenvalue weighted by Crippen LogP contribution is -2.53. The molecule has 1 saturated heterocycles. The topological polar surface area (TPSA) is 72.8 Å². The Bertz CT molecular complexity index is 1110. The van der Waals surface area contributed by atoms with Gasteiger partial charge in [-0.25, -0.2) is 4.98 Å². The predicted octanol–water partition coefficient (Wildman–Crippen LogP) is 2.91. The molecule has 2 aliphatic rings. The molecule has 0 unspecified atom stereocenters. The minimum absolute atomic E-state index is 0.0340. The highest BCUT2D eigenvalue weighted by Crippen LogP contribution is 2.46. The van der Waals surface area contributed by atoms with Gasteiger partial charge in [0.25, 0.3) is 5.56 Å². The molecule has 2 atom stereocenters. The Labute approximate surface area is 150 Å². The van der Waals surface area contributed by atoms with Gasteiger partial charge in [-0.3, -0.25) is 4.79 Å². The van der Waals surface area contributed by atoms with E-state index in [1.165, 1.54) is 5.69 Å². The second-order valence-electron chi connectivity index (χ2n) is 7.17. The van der Waals surface area contributed by atoms with Crippen LogP contribution in [0.25, 0.3) is 10.9 Å². The molecule has 2 aliphatic heterocycles. The quantitative estimate of drug-likeness (QED) is 0.738. The summed E-state index contributed by atoms with van der Waals surface area (Å²) in [5.41, 5.74) is 1.98. The zero-order valence-corrected chi connectivity index (χ0v) is 14.3. The number of hydrogen-bond acceptors (Lipinski definition) is 4.